The fraction of sp³-hybridized carbons (Fsp3) is 0.467. The van der Waals surface area contributed by atoms with Gasteiger partial charge < -0.3 is 23.9 Å². The molecule has 0 saturated carbocycles. The number of halogens is 1. The number of aromatic amines is 1. The molecule has 2 aliphatic rings. The molecule has 0 spiro atoms. The number of methoxy groups -OCH3 is 1. The number of nitrogens with zero attached hydrogens (tertiary/aromatic N) is 1. The topological polar surface area (TPSA) is 82.7 Å². The van der Waals surface area contributed by atoms with Crippen LogP contribution in [0.4, 0.5) is 4.39 Å². The Morgan fingerprint density at radius 2 is 2.09 bits per heavy atom. The summed E-state index contributed by atoms with van der Waals surface area (Å²) >= 11 is 0. The molecule has 7 nitrogen and oxygen atoms in total. The Morgan fingerprint density at radius 3 is 2.91 bits per heavy atom. The van der Waals surface area contributed by atoms with Gasteiger partial charge in [-0.3, -0.25) is 4.79 Å². The Labute approximate surface area is 130 Å². The summed E-state index contributed by atoms with van der Waals surface area (Å²) in [5, 5.41) is 0.401. The maximum atomic E-state index is 13.6. The Balaban J connectivity index is 1.67. The first-order chi connectivity index (χ1) is 11.2. The molecule has 2 aliphatic heterocycles. The van der Waals surface area contributed by atoms with E-state index in [4.69, 9.17) is 18.9 Å². The number of aromatic nitrogens is 2. The van der Waals surface area contributed by atoms with Crippen molar-refractivity contribution in [2.45, 2.75) is 24.5 Å². The van der Waals surface area contributed by atoms with E-state index in [0.717, 1.165) is 0 Å². The number of nitrogens with one attached hydrogen (secondary N) is 1. The van der Waals surface area contributed by atoms with E-state index in [0.29, 0.717) is 22.4 Å². The van der Waals surface area contributed by atoms with Crippen LogP contribution in [0.25, 0.3) is 10.9 Å². The molecule has 1 aromatic heterocycles. The molecule has 0 bridgehead atoms. The van der Waals surface area contributed by atoms with Crippen molar-refractivity contribution >= 4 is 10.9 Å². The van der Waals surface area contributed by atoms with E-state index >= 15 is 0 Å². The first-order valence-electron chi connectivity index (χ1n) is 7.26. The van der Waals surface area contributed by atoms with E-state index in [1.807, 2.05) is 0 Å². The van der Waals surface area contributed by atoms with Crippen LogP contribution in [0, 0.1) is 0 Å². The van der Waals surface area contributed by atoms with E-state index < -0.39 is 24.5 Å². The molecule has 1 aromatic carbocycles. The number of alkyl halides is 1. The summed E-state index contributed by atoms with van der Waals surface area (Å²) in [7, 11) is 1.48. The monoisotopic (exact) mass is 322 g/mol. The van der Waals surface area contributed by atoms with Gasteiger partial charge in [-0.05, 0) is 6.07 Å². The second-order valence-electron chi connectivity index (χ2n) is 5.52. The molecule has 23 heavy (non-hydrogen) atoms. The van der Waals surface area contributed by atoms with Crippen molar-refractivity contribution in [3.05, 3.63) is 28.8 Å². The molecule has 122 valence electrons. The zero-order chi connectivity index (χ0) is 16.0. The Kier molecular flexibility index (Phi) is 3.42. The molecule has 1 N–H and O–H groups in total. The fourth-order valence-electron chi connectivity index (χ4n) is 3.01. The normalized spacial score (nSPS) is 29.7. The van der Waals surface area contributed by atoms with Crippen LogP contribution in [-0.4, -0.2) is 54.8 Å². The van der Waals surface area contributed by atoms with Gasteiger partial charge in [0, 0.05) is 6.07 Å². The summed E-state index contributed by atoms with van der Waals surface area (Å²) < 4.78 is 35.6. The number of H-pyrrole nitrogens is 1. The lowest BCUT2D eigenvalue weighted by atomic mass is 10.1. The molecular formula is C15H15FN2O5. The van der Waals surface area contributed by atoms with Crippen LogP contribution in [0.1, 0.15) is 0 Å². The summed E-state index contributed by atoms with van der Waals surface area (Å²) in [4.78, 5) is 18.4. The highest BCUT2D eigenvalue weighted by atomic mass is 19.1. The van der Waals surface area contributed by atoms with Crippen LogP contribution < -0.4 is 15.0 Å². The quantitative estimate of drug-likeness (QED) is 0.901. The van der Waals surface area contributed by atoms with E-state index in [1.165, 1.54) is 13.4 Å². The van der Waals surface area contributed by atoms with Crippen LogP contribution >= 0.6 is 0 Å². The predicted molar refractivity (Wildman–Crippen MR) is 77.7 cm³/mol. The lowest BCUT2D eigenvalue weighted by Gasteiger charge is -2.19. The molecule has 2 aromatic rings. The maximum Gasteiger partial charge on any atom is 0.258 e. The van der Waals surface area contributed by atoms with Gasteiger partial charge in [0.1, 0.15) is 12.2 Å². The van der Waals surface area contributed by atoms with Gasteiger partial charge in [0.2, 0.25) is 0 Å². The number of hydrogen-bond donors (Lipinski definition) is 1. The SMILES string of the molecule is COc1cc2c(=O)[nH]cnc2cc1O[C@H]1CO[C@H]2[C@@H]1OC[C@@H]2F. The lowest BCUT2D eigenvalue weighted by Crippen LogP contribution is -2.33. The molecule has 2 fully saturated rings. The molecule has 0 radical (unpaired) electrons. The van der Waals surface area contributed by atoms with E-state index in [2.05, 4.69) is 9.97 Å². The van der Waals surface area contributed by atoms with Crippen molar-refractivity contribution in [3.63, 3.8) is 0 Å². The van der Waals surface area contributed by atoms with Gasteiger partial charge >= 0.3 is 0 Å². The molecule has 4 rings (SSSR count). The van der Waals surface area contributed by atoms with Crippen LogP contribution in [0.15, 0.2) is 23.3 Å². The first-order valence-corrected chi connectivity index (χ1v) is 7.26. The number of ether oxygens (including phenoxy) is 4. The maximum absolute atomic E-state index is 13.6. The van der Waals surface area contributed by atoms with Gasteiger partial charge in [0.15, 0.2) is 23.8 Å². The van der Waals surface area contributed by atoms with Crippen LogP contribution in [0.2, 0.25) is 0 Å². The average molecular weight is 322 g/mol. The zero-order valence-electron chi connectivity index (χ0n) is 12.3. The highest BCUT2D eigenvalue weighted by molar-refractivity contribution is 5.81. The molecular weight excluding hydrogens is 307 g/mol. The Bertz CT molecular complexity index is 795. The lowest BCUT2D eigenvalue weighted by molar-refractivity contribution is 0.0271. The van der Waals surface area contributed by atoms with Gasteiger partial charge in [-0.25, -0.2) is 9.37 Å². The zero-order valence-corrected chi connectivity index (χ0v) is 12.3. The average Bonchev–Trinajstić information content (AvgIpc) is 3.11. The van der Waals surface area contributed by atoms with Crippen molar-refractivity contribution in [3.8, 4) is 11.5 Å². The standard InChI is InChI=1S/C15H15FN2O5/c1-20-10-2-7-9(17-6-18-15(7)19)3-11(10)23-12-5-22-13-8(16)4-21-14(12)13/h2-3,6,8,12-14H,4-5H2,1H3,(H,17,18,19)/t8-,12-,13+,14+/m0/s1. The van der Waals surface area contributed by atoms with E-state index in [-0.39, 0.29) is 18.8 Å². The second kappa shape index (κ2) is 5.47. The van der Waals surface area contributed by atoms with Crippen molar-refractivity contribution in [1.82, 2.24) is 9.97 Å². The van der Waals surface area contributed by atoms with Crippen LogP contribution in [-0.2, 0) is 9.47 Å². The highest BCUT2D eigenvalue weighted by Crippen LogP contribution is 2.35. The minimum atomic E-state index is -1.13. The highest BCUT2D eigenvalue weighted by Gasteiger charge is 2.49. The first kappa shape index (κ1) is 14.4. The third kappa shape index (κ3) is 2.34. The Morgan fingerprint density at radius 1 is 1.26 bits per heavy atom. The second-order valence-corrected chi connectivity index (χ2v) is 5.52. The summed E-state index contributed by atoms with van der Waals surface area (Å²) in [6, 6.07) is 3.19. The summed E-state index contributed by atoms with van der Waals surface area (Å²) in [6.07, 6.45) is -1.28. The summed E-state index contributed by atoms with van der Waals surface area (Å²) in [5.41, 5.74) is 0.222. The molecule has 0 unspecified atom stereocenters. The van der Waals surface area contributed by atoms with Crippen LogP contribution in [0.3, 0.4) is 0 Å². The van der Waals surface area contributed by atoms with Gasteiger partial charge in [0.05, 0.1) is 37.6 Å². The molecule has 2 saturated heterocycles. The van der Waals surface area contributed by atoms with Crippen molar-refractivity contribution < 1.29 is 23.3 Å². The van der Waals surface area contributed by atoms with Gasteiger partial charge in [0.25, 0.3) is 5.56 Å². The van der Waals surface area contributed by atoms with Crippen LogP contribution in [0.5, 0.6) is 11.5 Å². The predicted octanol–water partition coefficient (Wildman–Crippen LogP) is 0.815. The summed E-state index contributed by atoms with van der Waals surface area (Å²) in [5.74, 6) is 0.813. The number of benzene rings is 1. The van der Waals surface area contributed by atoms with Crippen molar-refractivity contribution in [1.29, 1.82) is 0 Å². The fourth-order valence-corrected chi connectivity index (χ4v) is 3.01. The summed E-state index contributed by atoms with van der Waals surface area (Å²) in [6.45, 7) is 0.251. The number of rotatable bonds is 3. The van der Waals surface area contributed by atoms with Gasteiger partial charge in [-0.15, -0.1) is 0 Å². The molecule has 8 heteroatoms. The molecule has 0 aliphatic carbocycles. The third-order valence-corrected chi connectivity index (χ3v) is 4.15. The minimum Gasteiger partial charge on any atom is -0.493 e. The molecule has 3 heterocycles. The van der Waals surface area contributed by atoms with Gasteiger partial charge in [-0.2, -0.15) is 0 Å². The minimum absolute atomic E-state index is 0.0149. The molecule has 0 amide bonds. The van der Waals surface area contributed by atoms with Crippen molar-refractivity contribution in [2.75, 3.05) is 20.3 Å². The number of hydrogen-bond acceptors (Lipinski definition) is 6. The van der Waals surface area contributed by atoms with E-state index in [1.54, 1.807) is 12.1 Å². The Hall–Kier alpha value is -2.19. The van der Waals surface area contributed by atoms with Crippen molar-refractivity contribution in [2.24, 2.45) is 0 Å². The molecule has 4 atom stereocenters. The van der Waals surface area contributed by atoms with E-state index in [9.17, 15) is 9.18 Å². The smallest absolute Gasteiger partial charge is 0.258 e. The number of fused-ring (bicyclic) bond motifs is 2. The largest absolute Gasteiger partial charge is 0.493 e. The third-order valence-electron chi connectivity index (χ3n) is 4.15. The van der Waals surface area contributed by atoms with Gasteiger partial charge in [-0.1, -0.05) is 0 Å².